The summed E-state index contributed by atoms with van der Waals surface area (Å²) < 4.78 is 51.7. The van der Waals surface area contributed by atoms with Crippen molar-refractivity contribution in [2.75, 3.05) is 11.4 Å². The van der Waals surface area contributed by atoms with E-state index in [1.54, 1.807) is 0 Å². The Morgan fingerprint density at radius 2 is 1.95 bits per heavy atom. The van der Waals surface area contributed by atoms with Crippen molar-refractivity contribution in [1.82, 2.24) is 0 Å². The van der Waals surface area contributed by atoms with E-state index in [-0.39, 0.29) is 22.9 Å². The lowest BCUT2D eigenvalue weighted by atomic mass is 10.0. The van der Waals surface area contributed by atoms with E-state index in [1.165, 1.54) is 24.8 Å². The molecule has 6 heteroatoms. The van der Waals surface area contributed by atoms with Crippen molar-refractivity contribution < 1.29 is 22.7 Å². The second-order valence-corrected chi connectivity index (χ2v) is 5.31. The Morgan fingerprint density at radius 3 is 2.40 bits per heavy atom. The quantitative estimate of drug-likeness (QED) is 0.855. The van der Waals surface area contributed by atoms with Gasteiger partial charge in [-0.15, -0.1) is 0 Å². The molecule has 2 nitrogen and oxygen atoms in total. The smallest absolute Gasteiger partial charge is 0.389 e. The van der Waals surface area contributed by atoms with Gasteiger partial charge in [-0.1, -0.05) is 0 Å². The number of anilines is 1. The molecular weight excluding hydrogens is 274 g/mol. The molecule has 1 N–H and O–H groups in total. The topological polar surface area (TPSA) is 23.5 Å². The minimum atomic E-state index is -4.33. The molecule has 1 saturated carbocycles. The molecule has 0 saturated heterocycles. The van der Waals surface area contributed by atoms with Gasteiger partial charge in [0, 0.05) is 17.3 Å². The maximum Gasteiger partial charge on any atom is 0.405 e. The first-order valence-electron chi connectivity index (χ1n) is 6.50. The SMILES string of the molecule is Cc1cc(N(CC(F)(F)F)C2CC2)c([C@@H](C)O)cc1F. The third kappa shape index (κ3) is 3.42. The average molecular weight is 291 g/mol. The van der Waals surface area contributed by atoms with Gasteiger partial charge in [0.2, 0.25) is 0 Å². The molecule has 1 aromatic carbocycles. The number of rotatable bonds is 4. The van der Waals surface area contributed by atoms with Gasteiger partial charge < -0.3 is 10.0 Å². The number of hydrogen-bond donors (Lipinski definition) is 1. The number of hydrogen-bond acceptors (Lipinski definition) is 2. The van der Waals surface area contributed by atoms with Crippen LogP contribution in [0.5, 0.6) is 0 Å². The van der Waals surface area contributed by atoms with Gasteiger partial charge in [0.25, 0.3) is 0 Å². The summed E-state index contributed by atoms with van der Waals surface area (Å²) in [5.41, 5.74) is 0.750. The summed E-state index contributed by atoms with van der Waals surface area (Å²) in [5, 5.41) is 9.69. The van der Waals surface area contributed by atoms with E-state index < -0.39 is 24.6 Å². The van der Waals surface area contributed by atoms with Crippen LogP contribution in [0.1, 0.15) is 37.0 Å². The Labute approximate surface area is 115 Å². The van der Waals surface area contributed by atoms with Crippen molar-refractivity contribution in [2.24, 2.45) is 0 Å². The Bertz CT molecular complexity index is 495. The van der Waals surface area contributed by atoms with Crippen molar-refractivity contribution in [3.05, 3.63) is 29.1 Å². The van der Waals surface area contributed by atoms with Crippen molar-refractivity contribution in [3.8, 4) is 0 Å². The molecule has 1 aliphatic carbocycles. The van der Waals surface area contributed by atoms with Crippen LogP contribution in [0.2, 0.25) is 0 Å². The predicted octanol–water partition coefficient (Wildman–Crippen LogP) is 3.72. The van der Waals surface area contributed by atoms with Crippen LogP contribution in [-0.2, 0) is 0 Å². The van der Waals surface area contributed by atoms with Crippen molar-refractivity contribution >= 4 is 5.69 Å². The highest BCUT2D eigenvalue weighted by Gasteiger charge is 2.39. The van der Waals surface area contributed by atoms with E-state index in [0.717, 1.165) is 6.07 Å². The number of aliphatic hydroxyl groups excluding tert-OH is 1. The highest BCUT2D eigenvalue weighted by molar-refractivity contribution is 5.58. The molecule has 0 aromatic heterocycles. The van der Waals surface area contributed by atoms with Crippen LogP contribution in [-0.4, -0.2) is 23.9 Å². The third-order valence-electron chi connectivity index (χ3n) is 3.40. The van der Waals surface area contributed by atoms with Gasteiger partial charge in [0.1, 0.15) is 12.4 Å². The predicted molar refractivity (Wildman–Crippen MR) is 68.2 cm³/mol. The van der Waals surface area contributed by atoms with Crippen LogP contribution < -0.4 is 4.90 Å². The first kappa shape index (κ1) is 15.1. The Balaban J connectivity index is 2.44. The number of alkyl halides is 3. The van der Waals surface area contributed by atoms with E-state index in [4.69, 9.17) is 0 Å². The van der Waals surface area contributed by atoms with E-state index >= 15 is 0 Å². The highest BCUT2D eigenvalue weighted by Crippen LogP contribution is 2.38. The molecule has 0 aliphatic heterocycles. The fourth-order valence-corrected chi connectivity index (χ4v) is 2.26. The molecule has 0 bridgehead atoms. The van der Waals surface area contributed by atoms with Crippen molar-refractivity contribution in [3.63, 3.8) is 0 Å². The normalized spacial score (nSPS) is 17.1. The van der Waals surface area contributed by atoms with Gasteiger partial charge in [-0.3, -0.25) is 0 Å². The molecule has 0 unspecified atom stereocenters. The minimum Gasteiger partial charge on any atom is -0.389 e. The van der Waals surface area contributed by atoms with Gasteiger partial charge in [-0.05, 0) is 44.4 Å². The van der Waals surface area contributed by atoms with Crippen LogP contribution >= 0.6 is 0 Å². The second-order valence-electron chi connectivity index (χ2n) is 5.31. The number of nitrogens with zero attached hydrogens (tertiary/aromatic N) is 1. The first-order chi connectivity index (χ1) is 9.19. The average Bonchev–Trinajstić information content (AvgIpc) is 3.11. The zero-order valence-corrected chi connectivity index (χ0v) is 11.3. The van der Waals surface area contributed by atoms with Crippen LogP contribution in [0, 0.1) is 12.7 Å². The molecule has 20 heavy (non-hydrogen) atoms. The molecule has 0 amide bonds. The van der Waals surface area contributed by atoms with Gasteiger partial charge in [0.15, 0.2) is 0 Å². The van der Waals surface area contributed by atoms with E-state index in [1.807, 2.05) is 0 Å². The molecule has 1 atom stereocenters. The summed E-state index contributed by atoms with van der Waals surface area (Å²) in [5.74, 6) is -0.521. The number of halogens is 4. The maximum atomic E-state index is 13.6. The lowest BCUT2D eigenvalue weighted by Crippen LogP contribution is -2.36. The molecule has 1 aliphatic rings. The van der Waals surface area contributed by atoms with Gasteiger partial charge in [-0.25, -0.2) is 4.39 Å². The zero-order valence-electron chi connectivity index (χ0n) is 11.3. The fraction of sp³-hybridized carbons (Fsp3) is 0.571. The Kier molecular flexibility index (Phi) is 3.95. The standard InChI is InChI=1S/C14H17F4NO/c1-8-5-13(11(9(2)20)6-12(8)15)19(10-3-4-10)7-14(16,17)18/h5-6,9-10,20H,3-4,7H2,1-2H3/t9-/m1/s1. The van der Waals surface area contributed by atoms with Crippen LogP contribution in [0.4, 0.5) is 23.2 Å². The molecule has 2 rings (SSSR count). The highest BCUT2D eigenvalue weighted by atomic mass is 19.4. The van der Waals surface area contributed by atoms with Gasteiger partial charge in [0.05, 0.1) is 6.10 Å². The summed E-state index contributed by atoms with van der Waals surface area (Å²) in [4.78, 5) is 1.23. The number of aryl methyl sites for hydroxylation is 1. The second kappa shape index (κ2) is 5.24. The molecular formula is C14H17F4NO. The number of benzene rings is 1. The summed E-state index contributed by atoms with van der Waals surface area (Å²) >= 11 is 0. The van der Waals surface area contributed by atoms with E-state index in [9.17, 15) is 22.7 Å². The van der Waals surface area contributed by atoms with Crippen molar-refractivity contribution in [2.45, 2.75) is 45.0 Å². The van der Waals surface area contributed by atoms with Crippen LogP contribution in [0.25, 0.3) is 0 Å². The Morgan fingerprint density at radius 1 is 1.35 bits per heavy atom. The largest absolute Gasteiger partial charge is 0.405 e. The zero-order chi connectivity index (χ0) is 15.1. The fourth-order valence-electron chi connectivity index (χ4n) is 2.26. The molecule has 0 radical (unpaired) electrons. The third-order valence-corrected chi connectivity index (χ3v) is 3.40. The van der Waals surface area contributed by atoms with Crippen LogP contribution in [0.3, 0.4) is 0 Å². The molecule has 0 spiro atoms. The monoisotopic (exact) mass is 291 g/mol. The van der Waals surface area contributed by atoms with Gasteiger partial charge >= 0.3 is 6.18 Å². The summed E-state index contributed by atoms with van der Waals surface area (Å²) in [6.07, 6.45) is -3.98. The number of aliphatic hydroxyl groups is 1. The summed E-state index contributed by atoms with van der Waals surface area (Å²) in [6.45, 7) is 1.85. The lowest BCUT2D eigenvalue weighted by molar-refractivity contribution is -0.120. The lowest BCUT2D eigenvalue weighted by Gasteiger charge is -2.29. The summed E-state index contributed by atoms with van der Waals surface area (Å²) in [7, 11) is 0. The van der Waals surface area contributed by atoms with E-state index in [0.29, 0.717) is 12.8 Å². The molecule has 1 fully saturated rings. The minimum absolute atomic E-state index is 0.181. The van der Waals surface area contributed by atoms with Gasteiger partial charge in [-0.2, -0.15) is 13.2 Å². The molecule has 1 aromatic rings. The summed E-state index contributed by atoms with van der Waals surface area (Å²) in [6, 6.07) is 2.33. The molecule has 0 heterocycles. The Hall–Kier alpha value is -1.30. The molecule has 112 valence electrons. The first-order valence-corrected chi connectivity index (χ1v) is 6.50. The van der Waals surface area contributed by atoms with E-state index in [2.05, 4.69) is 0 Å². The van der Waals surface area contributed by atoms with Crippen molar-refractivity contribution in [1.29, 1.82) is 0 Å². The van der Waals surface area contributed by atoms with Crippen LogP contribution in [0.15, 0.2) is 12.1 Å². The maximum absolute atomic E-state index is 13.6.